The molecule has 0 radical (unpaired) electrons. The minimum absolute atomic E-state index is 0. The van der Waals surface area contributed by atoms with Gasteiger partial charge in [0, 0.05) is 38.2 Å². The predicted molar refractivity (Wildman–Crippen MR) is 233 cm³/mol. The van der Waals surface area contributed by atoms with Crippen molar-refractivity contribution < 1.29 is 30.6 Å². The third kappa shape index (κ3) is 7.85. The number of aromatic nitrogens is 2. The van der Waals surface area contributed by atoms with E-state index < -0.39 is 0 Å². The summed E-state index contributed by atoms with van der Waals surface area (Å²) >= 11 is 0. The number of hydrogen-bond acceptors (Lipinski definition) is 4. The summed E-state index contributed by atoms with van der Waals surface area (Å²) in [6, 6.07) is 46.1. The van der Waals surface area contributed by atoms with Crippen molar-refractivity contribution in [2.24, 2.45) is 0 Å². The van der Waals surface area contributed by atoms with Crippen LogP contribution in [0.4, 0.5) is 0 Å². The number of benzene rings is 6. The van der Waals surface area contributed by atoms with Gasteiger partial charge < -0.3 is 9.52 Å². The molecule has 8 aromatic rings. The van der Waals surface area contributed by atoms with Gasteiger partial charge in [0.05, 0.1) is 11.1 Å². The molecule has 0 amide bonds. The molecule has 8 rings (SSSR count). The first-order valence-corrected chi connectivity index (χ1v) is 19.5. The van der Waals surface area contributed by atoms with Crippen LogP contribution in [0.2, 0.25) is 0 Å². The molecule has 4 nitrogen and oxygen atoms in total. The number of nitrogens with zero attached hydrogens (tertiary/aromatic N) is 2. The third-order valence-corrected chi connectivity index (χ3v) is 10.8. The number of fused-ring (bicyclic) bond motifs is 2. The van der Waals surface area contributed by atoms with Gasteiger partial charge in [-0.05, 0) is 85.5 Å². The molecule has 0 bridgehead atoms. The van der Waals surface area contributed by atoms with Crippen LogP contribution < -0.4 is 0 Å². The van der Waals surface area contributed by atoms with Crippen molar-refractivity contribution in [3.8, 4) is 61.7 Å². The fourth-order valence-corrected chi connectivity index (χ4v) is 7.40. The smallest absolute Gasteiger partial charge is 0.230 e. The van der Waals surface area contributed by atoms with Crippen LogP contribution in [0.3, 0.4) is 0 Å². The Morgan fingerprint density at radius 1 is 0.509 bits per heavy atom. The maximum atomic E-state index is 11.1. The second kappa shape index (κ2) is 14.9. The molecular formula is C52H49N2O2Pt-. The molecule has 0 unspecified atom stereocenters. The van der Waals surface area contributed by atoms with E-state index in [1.165, 1.54) is 11.1 Å². The van der Waals surface area contributed by atoms with E-state index in [0.717, 1.165) is 61.0 Å². The molecule has 5 heteroatoms. The van der Waals surface area contributed by atoms with E-state index in [-0.39, 0.29) is 43.1 Å². The number of aromatic hydroxyl groups is 1. The maximum absolute atomic E-state index is 11.1. The molecule has 0 spiro atoms. The zero-order valence-corrected chi connectivity index (χ0v) is 36.5. The number of phenols is 1. The molecule has 0 fully saturated rings. The first-order valence-electron chi connectivity index (χ1n) is 19.5. The van der Waals surface area contributed by atoms with E-state index in [9.17, 15) is 5.11 Å². The Bertz CT molecular complexity index is 2740. The molecule has 290 valence electrons. The van der Waals surface area contributed by atoms with Gasteiger partial charge in [-0.15, -0.1) is 35.4 Å². The molecule has 6 aromatic carbocycles. The van der Waals surface area contributed by atoms with Crippen LogP contribution in [0.15, 0.2) is 132 Å². The van der Waals surface area contributed by atoms with Crippen molar-refractivity contribution in [3.63, 3.8) is 0 Å². The quantitative estimate of drug-likeness (QED) is 0.175. The summed E-state index contributed by atoms with van der Waals surface area (Å²) in [5, 5.41) is 12.2. The van der Waals surface area contributed by atoms with Crippen LogP contribution >= 0.6 is 0 Å². The molecule has 1 N–H and O–H groups in total. The SMILES string of the molecule is CC(C)(C)c1ccc(-c2cc(-c3[c-]c(-c4cc(C(C)(C)C)cc5c(-c6ccccc6)ccnc45)ccc3)c3nc(-c4cc(C(C)(C)C)ccc4O)oc3c2)cc1.[Pt]. The average molecular weight is 929 g/mol. The first kappa shape index (κ1) is 39.9. The van der Waals surface area contributed by atoms with Gasteiger partial charge in [0.1, 0.15) is 11.3 Å². The van der Waals surface area contributed by atoms with Crippen molar-refractivity contribution in [3.05, 3.63) is 150 Å². The average Bonchev–Trinajstić information content (AvgIpc) is 3.60. The van der Waals surface area contributed by atoms with Crippen LogP contribution in [0.25, 0.3) is 78.0 Å². The Morgan fingerprint density at radius 2 is 1.12 bits per heavy atom. The molecule has 2 heterocycles. The van der Waals surface area contributed by atoms with Crippen LogP contribution in [0.5, 0.6) is 5.75 Å². The summed E-state index contributed by atoms with van der Waals surface area (Å²) in [5.74, 6) is 0.508. The van der Waals surface area contributed by atoms with Gasteiger partial charge in [-0.25, -0.2) is 4.98 Å². The summed E-state index contributed by atoms with van der Waals surface area (Å²) in [6.45, 7) is 19.9. The van der Waals surface area contributed by atoms with Crippen LogP contribution in [0.1, 0.15) is 79.0 Å². The molecule has 0 aliphatic carbocycles. The second-order valence-electron chi connectivity index (χ2n) is 18.1. The monoisotopic (exact) mass is 928 g/mol. The third-order valence-electron chi connectivity index (χ3n) is 10.8. The molecule has 0 aliphatic rings. The molecule has 0 saturated carbocycles. The summed E-state index contributed by atoms with van der Waals surface area (Å²) < 4.78 is 6.59. The van der Waals surface area contributed by atoms with Gasteiger partial charge in [0.15, 0.2) is 0 Å². The standard InChI is InChI=1S/C52H49N2O2.Pt/c1-50(2,3)37-20-18-32(19-21-37)36-27-41(48-46(28-36)56-49(54-48)44-29-38(51(4,5)6)22-23-45(44)55)34-16-13-17-35(26-34)42-30-39(52(7,8)9)31-43-40(24-25-53-47(42)43)33-14-11-10-12-15-33;/h10-25,27-31,55H,1-9H3;/q-1;. The fraction of sp³-hybridized carbons (Fsp3) is 0.231. The van der Waals surface area contributed by atoms with Gasteiger partial charge in [-0.2, -0.15) is 0 Å². The number of pyridine rings is 1. The summed E-state index contributed by atoms with van der Waals surface area (Å²) in [7, 11) is 0. The van der Waals surface area contributed by atoms with Gasteiger partial charge in [-0.1, -0.05) is 146 Å². The van der Waals surface area contributed by atoms with Crippen molar-refractivity contribution in [1.82, 2.24) is 9.97 Å². The molecule has 2 aromatic heterocycles. The Kier molecular flexibility index (Phi) is 10.4. The predicted octanol–water partition coefficient (Wildman–Crippen LogP) is 14.1. The number of oxazole rings is 1. The van der Waals surface area contributed by atoms with E-state index in [0.29, 0.717) is 22.6 Å². The number of hydrogen-bond donors (Lipinski definition) is 1. The molecule has 57 heavy (non-hydrogen) atoms. The first-order chi connectivity index (χ1) is 26.5. The second-order valence-corrected chi connectivity index (χ2v) is 18.1. The topological polar surface area (TPSA) is 59.2 Å². The summed E-state index contributed by atoms with van der Waals surface area (Å²) in [4.78, 5) is 10.1. The fourth-order valence-electron chi connectivity index (χ4n) is 7.40. The largest absolute Gasteiger partial charge is 0.507 e. The zero-order valence-electron chi connectivity index (χ0n) is 34.2. The van der Waals surface area contributed by atoms with E-state index in [1.807, 2.05) is 18.3 Å². The number of phenolic OH excluding ortho intramolecular Hbond substituents is 1. The molecule has 0 atom stereocenters. The van der Waals surface area contributed by atoms with E-state index in [1.54, 1.807) is 6.07 Å². The summed E-state index contributed by atoms with van der Waals surface area (Å²) in [6.07, 6.45) is 1.91. The van der Waals surface area contributed by atoms with Crippen molar-refractivity contribution in [2.75, 3.05) is 0 Å². The maximum Gasteiger partial charge on any atom is 0.230 e. The zero-order chi connectivity index (χ0) is 39.6. The van der Waals surface area contributed by atoms with Crippen LogP contribution in [-0.4, -0.2) is 15.1 Å². The van der Waals surface area contributed by atoms with Crippen molar-refractivity contribution in [2.45, 2.75) is 78.6 Å². The van der Waals surface area contributed by atoms with Gasteiger partial charge in [0.2, 0.25) is 5.89 Å². The van der Waals surface area contributed by atoms with Crippen molar-refractivity contribution >= 4 is 22.0 Å². The van der Waals surface area contributed by atoms with Gasteiger partial charge >= 0.3 is 0 Å². The Balaban J connectivity index is 0.00000496. The van der Waals surface area contributed by atoms with Crippen LogP contribution in [-0.2, 0) is 37.3 Å². The normalized spacial score (nSPS) is 12.2. The minimum atomic E-state index is -0.118. The van der Waals surface area contributed by atoms with Gasteiger partial charge in [-0.3, -0.25) is 4.98 Å². The molecular weight excluding hydrogens is 880 g/mol. The van der Waals surface area contributed by atoms with E-state index in [2.05, 4.69) is 172 Å². The molecule has 0 aliphatic heterocycles. The Hall–Kier alpha value is -5.31. The van der Waals surface area contributed by atoms with Gasteiger partial charge in [0.25, 0.3) is 0 Å². The summed E-state index contributed by atoms with van der Waals surface area (Å²) in [5.41, 5.74) is 14.4. The number of rotatable bonds is 5. The van der Waals surface area contributed by atoms with E-state index >= 15 is 0 Å². The Morgan fingerprint density at radius 3 is 1.77 bits per heavy atom. The minimum Gasteiger partial charge on any atom is -0.507 e. The Labute approximate surface area is 351 Å². The van der Waals surface area contributed by atoms with Crippen LogP contribution in [0, 0.1) is 6.07 Å². The van der Waals surface area contributed by atoms with E-state index in [4.69, 9.17) is 14.4 Å². The molecule has 0 saturated heterocycles. The van der Waals surface area contributed by atoms with Crippen molar-refractivity contribution in [1.29, 1.82) is 0 Å².